The average Bonchev–Trinajstić information content (AvgIpc) is 2.61. The molecule has 0 radical (unpaired) electrons. The Morgan fingerprint density at radius 1 is 0.870 bits per heavy atom. The summed E-state index contributed by atoms with van der Waals surface area (Å²) >= 11 is 0. The Labute approximate surface area is 136 Å². The van der Waals surface area contributed by atoms with Gasteiger partial charge in [-0.25, -0.2) is 4.39 Å². The summed E-state index contributed by atoms with van der Waals surface area (Å²) in [4.78, 5) is 4.32. The van der Waals surface area contributed by atoms with E-state index in [4.69, 9.17) is 0 Å². The molecule has 3 aromatic rings. The van der Waals surface area contributed by atoms with Crippen molar-refractivity contribution in [3.05, 3.63) is 102 Å². The van der Waals surface area contributed by atoms with Crippen LogP contribution in [0.2, 0.25) is 0 Å². The first-order chi connectivity index (χ1) is 11.3. The summed E-state index contributed by atoms with van der Waals surface area (Å²) < 4.78 is 14.2. The fourth-order valence-corrected chi connectivity index (χ4v) is 2.63. The van der Waals surface area contributed by atoms with Crippen molar-refractivity contribution < 1.29 is 4.39 Å². The minimum atomic E-state index is -0.179. The van der Waals surface area contributed by atoms with Gasteiger partial charge < -0.3 is 5.32 Å². The maximum absolute atomic E-state index is 14.2. The third kappa shape index (κ3) is 4.24. The highest BCUT2D eigenvalue weighted by atomic mass is 19.1. The third-order valence-electron chi connectivity index (χ3n) is 3.82. The highest BCUT2D eigenvalue weighted by Crippen LogP contribution is 2.21. The van der Waals surface area contributed by atoms with Crippen molar-refractivity contribution in [1.29, 1.82) is 0 Å². The van der Waals surface area contributed by atoms with E-state index in [9.17, 15) is 4.39 Å². The van der Waals surface area contributed by atoms with Crippen LogP contribution in [0.25, 0.3) is 0 Å². The first-order valence-corrected chi connectivity index (χ1v) is 7.74. The maximum Gasteiger partial charge on any atom is 0.127 e. The zero-order chi connectivity index (χ0) is 15.9. The number of nitrogens with zero attached hydrogens (tertiary/aromatic N) is 1. The molecule has 1 N–H and O–H groups in total. The lowest BCUT2D eigenvalue weighted by molar-refractivity contribution is 0.493. The van der Waals surface area contributed by atoms with E-state index in [0.29, 0.717) is 12.1 Å². The molecule has 1 aromatic heterocycles. The van der Waals surface area contributed by atoms with Crippen LogP contribution in [0.1, 0.15) is 22.9 Å². The van der Waals surface area contributed by atoms with E-state index in [1.807, 2.05) is 48.5 Å². The van der Waals surface area contributed by atoms with Crippen LogP contribution in [0, 0.1) is 5.82 Å². The summed E-state index contributed by atoms with van der Waals surface area (Å²) in [5.74, 6) is -0.179. The molecule has 0 unspecified atom stereocenters. The zero-order valence-corrected chi connectivity index (χ0v) is 12.8. The molecular formula is C20H19FN2. The number of halogens is 1. The number of hydrogen-bond acceptors (Lipinski definition) is 2. The molecule has 0 aliphatic rings. The van der Waals surface area contributed by atoms with Crippen molar-refractivity contribution >= 4 is 0 Å². The second-order valence-electron chi connectivity index (χ2n) is 5.47. The summed E-state index contributed by atoms with van der Waals surface area (Å²) in [6.45, 7) is 0.604. The molecule has 0 amide bonds. The van der Waals surface area contributed by atoms with Crippen molar-refractivity contribution in [2.75, 3.05) is 0 Å². The quantitative estimate of drug-likeness (QED) is 0.734. The Hall–Kier alpha value is -2.52. The summed E-state index contributed by atoms with van der Waals surface area (Å²) in [5.41, 5.74) is 2.81. The van der Waals surface area contributed by atoms with Crippen molar-refractivity contribution in [3.8, 4) is 0 Å². The number of aromatic nitrogens is 1. The van der Waals surface area contributed by atoms with Crippen LogP contribution in [0.15, 0.2) is 79.0 Å². The molecule has 3 heteroatoms. The molecule has 0 fully saturated rings. The van der Waals surface area contributed by atoms with Gasteiger partial charge in [-0.3, -0.25) is 4.98 Å². The molecule has 2 aromatic carbocycles. The monoisotopic (exact) mass is 306 g/mol. The number of benzene rings is 2. The molecule has 116 valence electrons. The molecule has 0 bridgehead atoms. The number of nitrogens with one attached hydrogen (secondary N) is 1. The van der Waals surface area contributed by atoms with Gasteiger partial charge in [0, 0.05) is 24.3 Å². The molecule has 0 aliphatic carbocycles. The second kappa shape index (κ2) is 7.65. The van der Waals surface area contributed by atoms with Gasteiger partial charge in [0.1, 0.15) is 5.82 Å². The third-order valence-corrected chi connectivity index (χ3v) is 3.82. The Morgan fingerprint density at radius 2 is 1.61 bits per heavy atom. The second-order valence-corrected chi connectivity index (χ2v) is 5.47. The maximum atomic E-state index is 14.2. The van der Waals surface area contributed by atoms with Crippen molar-refractivity contribution in [2.24, 2.45) is 0 Å². The van der Waals surface area contributed by atoms with Gasteiger partial charge in [0.25, 0.3) is 0 Å². The highest BCUT2D eigenvalue weighted by molar-refractivity contribution is 5.25. The van der Waals surface area contributed by atoms with Gasteiger partial charge in [0.15, 0.2) is 0 Å². The molecular weight excluding hydrogens is 287 g/mol. The number of rotatable bonds is 6. The highest BCUT2D eigenvalue weighted by Gasteiger charge is 2.15. The molecule has 0 spiro atoms. The zero-order valence-electron chi connectivity index (χ0n) is 12.8. The van der Waals surface area contributed by atoms with Crippen LogP contribution in [-0.2, 0) is 13.0 Å². The standard InChI is InChI=1S/C20H19FN2/c21-19-12-5-4-11-18(19)20(14-16-8-2-1-3-9-16)23-15-17-10-6-7-13-22-17/h1-13,20,23H,14-15H2/t20-/m0/s1. The van der Waals surface area contributed by atoms with Crippen molar-refractivity contribution in [1.82, 2.24) is 10.3 Å². The van der Waals surface area contributed by atoms with Crippen molar-refractivity contribution in [2.45, 2.75) is 19.0 Å². The summed E-state index contributed by atoms with van der Waals surface area (Å²) in [5, 5.41) is 3.44. The first kappa shape index (κ1) is 15.4. The molecule has 2 nitrogen and oxygen atoms in total. The Kier molecular flexibility index (Phi) is 5.12. The van der Waals surface area contributed by atoms with E-state index in [0.717, 1.165) is 12.1 Å². The van der Waals surface area contributed by atoms with Gasteiger partial charge in [0.2, 0.25) is 0 Å². The van der Waals surface area contributed by atoms with Crippen LogP contribution in [0.5, 0.6) is 0 Å². The van der Waals surface area contributed by atoms with Crippen molar-refractivity contribution in [3.63, 3.8) is 0 Å². The molecule has 1 atom stereocenters. The normalized spacial score (nSPS) is 12.0. The van der Waals surface area contributed by atoms with Crippen LogP contribution < -0.4 is 5.32 Å². The minimum Gasteiger partial charge on any atom is -0.304 e. The first-order valence-electron chi connectivity index (χ1n) is 7.74. The van der Waals surface area contributed by atoms with Crippen LogP contribution in [0.3, 0.4) is 0 Å². The van der Waals surface area contributed by atoms with Gasteiger partial charge in [0.05, 0.1) is 5.69 Å². The van der Waals surface area contributed by atoms with Crippen LogP contribution in [-0.4, -0.2) is 4.98 Å². The molecule has 0 aliphatic heterocycles. The van der Waals surface area contributed by atoms with E-state index < -0.39 is 0 Å². The molecule has 3 rings (SSSR count). The molecule has 0 saturated heterocycles. The van der Waals surface area contributed by atoms with E-state index >= 15 is 0 Å². The topological polar surface area (TPSA) is 24.9 Å². The Bertz CT molecular complexity index is 729. The largest absolute Gasteiger partial charge is 0.304 e. The molecule has 1 heterocycles. The van der Waals surface area contributed by atoms with Gasteiger partial charge in [-0.05, 0) is 30.2 Å². The molecule has 23 heavy (non-hydrogen) atoms. The van der Waals surface area contributed by atoms with E-state index in [-0.39, 0.29) is 11.9 Å². The average molecular weight is 306 g/mol. The lowest BCUT2D eigenvalue weighted by atomic mass is 9.98. The summed E-state index contributed by atoms with van der Waals surface area (Å²) in [7, 11) is 0. The predicted octanol–water partition coefficient (Wildman–Crippen LogP) is 4.29. The molecule has 0 saturated carbocycles. The van der Waals surface area contributed by atoms with Crippen LogP contribution in [0.4, 0.5) is 4.39 Å². The minimum absolute atomic E-state index is 0.0967. The SMILES string of the molecule is Fc1ccccc1[C@H](Cc1ccccc1)NCc1ccccn1. The fraction of sp³-hybridized carbons (Fsp3) is 0.150. The summed E-state index contributed by atoms with van der Waals surface area (Å²) in [6.07, 6.45) is 2.50. The fourth-order valence-electron chi connectivity index (χ4n) is 2.63. The van der Waals surface area contributed by atoms with Crippen LogP contribution >= 0.6 is 0 Å². The summed E-state index contributed by atoms with van der Waals surface area (Å²) in [6, 6.07) is 22.8. The van der Waals surface area contributed by atoms with E-state index in [1.54, 1.807) is 12.3 Å². The number of pyridine rings is 1. The van der Waals surface area contributed by atoms with Gasteiger partial charge >= 0.3 is 0 Å². The lowest BCUT2D eigenvalue weighted by Crippen LogP contribution is -2.24. The Balaban J connectivity index is 1.80. The number of hydrogen-bond donors (Lipinski definition) is 1. The van der Waals surface area contributed by atoms with Gasteiger partial charge in [-0.15, -0.1) is 0 Å². The van der Waals surface area contributed by atoms with E-state index in [2.05, 4.69) is 22.4 Å². The smallest absolute Gasteiger partial charge is 0.127 e. The van der Waals surface area contributed by atoms with E-state index in [1.165, 1.54) is 11.6 Å². The van der Waals surface area contributed by atoms with Gasteiger partial charge in [-0.2, -0.15) is 0 Å². The predicted molar refractivity (Wildman–Crippen MR) is 90.4 cm³/mol. The Morgan fingerprint density at radius 3 is 2.35 bits per heavy atom. The lowest BCUT2D eigenvalue weighted by Gasteiger charge is -2.20. The van der Waals surface area contributed by atoms with Gasteiger partial charge in [-0.1, -0.05) is 54.6 Å².